The largest absolute Gasteiger partial charge is 0.379 e. The van der Waals surface area contributed by atoms with E-state index in [1.807, 2.05) is 0 Å². The second-order valence-corrected chi connectivity index (χ2v) is 4.97. The van der Waals surface area contributed by atoms with E-state index in [9.17, 15) is 0 Å². The zero-order valence-electron chi connectivity index (χ0n) is 12.3. The van der Waals surface area contributed by atoms with Crippen LogP contribution in [0, 0.1) is 18.3 Å². The molecule has 0 amide bonds. The molecule has 19 heavy (non-hydrogen) atoms. The van der Waals surface area contributed by atoms with Gasteiger partial charge in [0.05, 0.1) is 19.8 Å². The van der Waals surface area contributed by atoms with E-state index in [1.54, 1.807) is 7.05 Å². The Morgan fingerprint density at radius 1 is 1.37 bits per heavy atom. The maximum Gasteiger partial charge on any atom is 0.191 e. The topological polar surface area (TPSA) is 48.9 Å². The number of morpholine rings is 1. The van der Waals surface area contributed by atoms with Crippen molar-refractivity contribution in [2.24, 2.45) is 10.9 Å². The summed E-state index contributed by atoms with van der Waals surface area (Å²) in [7, 11) is 1.75. The molecular weight excluding hydrogens is 240 g/mol. The second kappa shape index (κ2) is 8.78. The summed E-state index contributed by atoms with van der Waals surface area (Å²) >= 11 is 0. The lowest BCUT2D eigenvalue weighted by Crippen LogP contribution is -2.52. The first-order valence-electron chi connectivity index (χ1n) is 6.88. The van der Waals surface area contributed by atoms with E-state index < -0.39 is 0 Å². The number of aliphatic imine (C=N–C) groups is 1. The molecule has 108 valence electrons. The van der Waals surface area contributed by atoms with Crippen LogP contribution in [0.5, 0.6) is 0 Å². The Balaban J connectivity index is 2.46. The summed E-state index contributed by atoms with van der Waals surface area (Å²) in [4.78, 5) is 6.64. The van der Waals surface area contributed by atoms with E-state index in [1.165, 1.54) is 0 Å². The summed E-state index contributed by atoms with van der Waals surface area (Å²) in [6, 6.07) is 0.480. The fraction of sp³-hybridized carbons (Fsp3) is 0.786. The van der Waals surface area contributed by atoms with Gasteiger partial charge in [0.2, 0.25) is 0 Å². The molecule has 0 aliphatic carbocycles. The van der Waals surface area contributed by atoms with Crippen molar-refractivity contribution in [1.29, 1.82) is 0 Å². The molecular formula is C14H26N4O. The summed E-state index contributed by atoms with van der Waals surface area (Å²) in [5, 5.41) is 6.42. The minimum Gasteiger partial charge on any atom is -0.379 e. The Labute approximate surface area is 116 Å². The van der Waals surface area contributed by atoms with Gasteiger partial charge in [0.25, 0.3) is 0 Å². The Bertz CT molecular complexity index is 316. The van der Waals surface area contributed by atoms with Crippen molar-refractivity contribution in [1.82, 2.24) is 15.5 Å². The number of terminal acetylenes is 1. The van der Waals surface area contributed by atoms with Crippen LogP contribution in [0.15, 0.2) is 4.99 Å². The molecule has 5 nitrogen and oxygen atoms in total. The van der Waals surface area contributed by atoms with Gasteiger partial charge in [0.1, 0.15) is 0 Å². The maximum absolute atomic E-state index is 5.41. The van der Waals surface area contributed by atoms with Gasteiger partial charge in [0, 0.05) is 32.7 Å². The molecule has 1 heterocycles. The average Bonchev–Trinajstić information content (AvgIpc) is 2.43. The highest BCUT2D eigenvalue weighted by molar-refractivity contribution is 5.79. The van der Waals surface area contributed by atoms with Crippen LogP contribution in [-0.2, 0) is 4.74 Å². The van der Waals surface area contributed by atoms with Crippen molar-refractivity contribution < 1.29 is 4.74 Å². The number of nitrogens with zero attached hydrogens (tertiary/aromatic N) is 2. The van der Waals surface area contributed by atoms with Crippen LogP contribution < -0.4 is 10.6 Å². The average molecular weight is 266 g/mol. The molecule has 0 aromatic rings. The second-order valence-electron chi connectivity index (χ2n) is 4.97. The minimum atomic E-state index is 0.480. The summed E-state index contributed by atoms with van der Waals surface area (Å²) < 4.78 is 5.41. The lowest BCUT2D eigenvalue weighted by atomic mass is 10.0. The van der Waals surface area contributed by atoms with Crippen LogP contribution in [0.25, 0.3) is 0 Å². The lowest BCUT2D eigenvalue weighted by molar-refractivity contribution is 0.00752. The molecule has 0 bridgehead atoms. The SMILES string of the molecule is C#CCNC(=NC)NCC(C(C)C)N1CCOCC1. The van der Waals surface area contributed by atoms with Gasteiger partial charge in [-0.05, 0) is 5.92 Å². The van der Waals surface area contributed by atoms with Crippen LogP contribution in [-0.4, -0.2) is 63.3 Å². The Morgan fingerprint density at radius 3 is 2.58 bits per heavy atom. The summed E-state index contributed by atoms with van der Waals surface area (Å²) in [6.45, 7) is 9.51. The Morgan fingerprint density at radius 2 is 2.05 bits per heavy atom. The highest BCUT2D eigenvalue weighted by Crippen LogP contribution is 2.12. The van der Waals surface area contributed by atoms with Crippen LogP contribution in [0.3, 0.4) is 0 Å². The van der Waals surface area contributed by atoms with Gasteiger partial charge < -0.3 is 15.4 Å². The smallest absolute Gasteiger partial charge is 0.191 e. The molecule has 1 rings (SSSR count). The summed E-state index contributed by atoms with van der Waals surface area (Å²) in [5.41, 5.74) is 0. The normalized spacial score (nSPS) is 19.0. The van der Waals surface area contributed by atoms with Crippen molar-refractivity contribution in [3.63, 3.8) is 0 Å². The van der Waals surface area contributed by atoms with Crippen LogP contribution in [0.1, 0.15) is 13.8 Å². The fourth-order valence-corrected chi connectivity index (χ4v) is 2.25. The number of rotatable bonds is 5. The van der Waals surface area contributed by atoms with Gasteiger partial charge in [-0.25, -0.2) is 0 Å². The van der Waals surface area contributed by atoms with Gasteiger partial charge in [-0.3, -0.25) is 9.89 Å². The number of nitrogens with one attached hydrogen (secondary N) is 2. The number of guanidine groups is 1. The predicted molar refractivity (Wildman–Crippen MR) is 79.2 cm³/mol. The van der Waals surface area contributed by atoms with Gasteiger partial charge in [-0.2, -0.15) is 0 Å². The van der Waals surface area contributed by atoms with E-state index in [4.69, 9.17) is 11.2 Å². The quantitative estimate of drug-likeness (QED) is 0.422. The third-order valence-electron chi connectivity index (χ3n) is 3.34. The molecule has 1 saturated heterocycles. The van der Waals surface area contributed by atoms with E-state index in [-0.39, 0.29) is 0 Å². The lowest BCUT2D eigenvalue weighted by Gasteiger charge is -2.37. The van der Waals surface area contributed by atoms with Gasteiger partial charge in [-0.1, -0.05) is 19.8 Å². The Hall–Kier alpha value is -1.25. The first kappa shape index (κ1) is 15.8. The van der Waals surface area contributed by atoms with Crippen LogP contribution >= 0.6 is 0 Å². The monoisotopic (exact) mass is 266 g/mol. The van der Waals surface area contributed by atoms with Crippen molar-refractivity contribution in [2.45, 2.75) is 19.9 Å². The number of hydrogen-bond acceptors (Lipinski definition) is 3. The molecule has 1 atom stereocenters. The minimum absolute atomic E-state index is 0.480. The molecule has 0 aromatic heterocycles. The molecule has 1 fully saturated rings. The third kappa shape index (κ3) is 5.50. The van der Waals surface area contributed by atoms with E-state index in [0.29, 0.717) is 18.5 Å². The molecule has 0 saturated carbocycles. The molecule has 1 unspecified atom stereocenters. The zero-order chi connectivity index (χ0) is 14.1. The molecule has 5 heteroatoms. The predicted octanol–water partition coefficient (Wildman–Crippen LogP) is 0.141. The van der Waals surface area contributed by atoms with Crippen LogP contribution in [0.2, 0.25) is 0 Å². The first-order chi connectivity index (χ1) is 9.19. The van der Waals surface area contributed by atoms with Crippen molar-refractivity contribution >= 4 is 5.96 Å². The third-order valence-corrected chi connectivity index (χ3v) is 3.34. The zero-order valence-corrected chi connectivity index (χ0v) is 12.3. The van der Waals surface area contributed by atoms with Crippen molar-refractivity contribution in [2.75, 3.05) is 46.4 Å². The van der Waals surface area contributed by atoms with E-state index in [0.717, 1.165) is 38.8 Å². The van der Waals surface area contributed by atoms with E-state index >= 15 is 0 Å². The summed E-state index contributed by atoms with van der Waals surface area (Å²) in [5.74, 6) is 3.89. The molecule has 2 N–H and O–H groups in total. The molecule has 0 aromatic carbocycles. The fourth-order valence-electron chi connectivity index (χ4n) is 2.25. The molecule has 0 radical (unpaired) electrons. The van der Waals surface area contributed by atoms with Gasteiger partial charge in [0.15, 0.2) is 5.96 Å². The highest BCUT2D eigenvalue weighted by Gasteiger charge is 2.23. The maximum atomic E-state index is 5.41. The first-order valence-corrected chi connectivity index (χ1v) is 6.88. The number of hydrogen-bond donors (Lipinski definition) is 2. The highest BCUT2D eigenvalue weighted by atomic mass is 16.5. The molecule has 1 aliphatic rings. The molecule has 0 spiro atoms. The van der Waals surface area contributed by atoms with Crippen LogP contribution in [0.4, 0.5) is 0 Å². The van der Waals surface area contributed by atoms with Crippen molar-refractivity contribution in [3.05, 3.63) is 0 Å². The standard InChI is InChI=1S/C14H26N4O/c1-5-6-16-14(15-4)17-11-13(12(2)3)18-7-9-19-10-8-18/h1,12-13H,6-11H2,2-4H3,(H2,15,16,17). The van der Waals surface area contributed by atoms with Crippen molar-refractivity contribution in [3.8, 4) is 12.3 Å². The van der Waals surface area contributed by atoms with E-state index in [2.05, 4.69) is 40.3 Å². The van der Waals surface area contributed by atoms with Gasteiger partial charge in [-0.15, -0.1) is 6.42 Å². The number of ether oxygens (including phenoxy) is 1. The van der Waals surface area contributed by atoms with Gasteiger partial charge >= 0.3 is 0 Å². The Kier molecular flexibility index (Phi) is 7.31. The summed E-state index contributed by atoms with van der Waals surface area (Å²) in [6.07, 6.45) is 5.24. The molecule has 1 aliphatic heterocycles.